The summed E-state index contributed by atoms with van der Waals surface area (Å²) in [6.45, 7) is 7.46. The van der Waals surface area contributed by atoms with Gasteiger partial charge in [0.05, 0.1) is 18.8 Å². The maximum absolute atomic E-state index is 11.1. The fourth-order valence-corrected chi connectivity index (χ4v) is 2.06. The number of nitrogens with zero attached hydrogens (tertiary/aromatic N) is 2. The van der Waals surface area contributed by atoms with Crippen molar-refractivity contribution >= 4 is 11.7 Å². The number of nitrogens with two attached hydrogens (primary N) is 2. The number of hydrogen-bond donors (Lipinski definition) is 2. The lowest BCUT2D eigenvalue weighted by Crippen LogP contribution is -2.29. The fraction of sp³-hybridized carbons (Fsp3) is 0.667. The first-order valence-electron chi connectivity index (χ1n) is 6.31. The Kier molecular flexibility index (Phi) is 5.15. The summed E-state index contributed by atoms with van der Waals surface area (Å²) < 4.78 is 7.04. The Balaban J connectivity index is 0.000000771. The molecular formula is C12H22N4O2. The van der Waals surface area contributed by atoms with Gasteiger partial charge in [-0.1, -0.05) is 20.8 Å². The van der Waals surface area contributed by atoms with Crippen LogP contribution in [0.3, 0.4) is 0 Å². The number of primary amides is 1. The maximum atomic E-state index is 11.1. The van der Waals surface area contributed by atoms with Crippen LogP contribution >= 0.6 is 0 Å². The van der Waals surface area contributed by atoms with Crippen LogP contribution in [0.2, 0.25) is 0 Å². The summed E-state index contributed by atoms with van der Waals surface area (Å²) in [5.74, 6) is 0.145. The smallest absolute Gasteiger partial charge is 0.254 e. The van der Waals surface area contributed by atoms with Gasteiger partial charge in [-0.2, -0.15) is 5.10 Å². The highest BCUT2D eigenvalue weighted by Gasteiger charge is 2.27. The van der Waals surface area contributed by atoms with E-state index in [0.717, 1.165) is 6.42 Å². The molecule has 1 aromatic heterocycles. The van der Waals surface area contributed by atoms with Crippen LogP contribution in [-0.4, -0.2) is 28.9 Å². The van der Waals surface area contributed by atoms with E-state index in [2.05, 4.69) is 12.0 Å². The van der Waals surface area contributed by atoms with E-state index in [9.17, 15) is 4.79 Å². The Morgan fingerprint density at radius 1 is 1.56 bits per heavy atom. The first-order valence-corrected chi connectivity index (χ1v) is 6.31. The van der Waals surface area contributed by atoms with Crippen LogP contribution in [0.15, 0.2) is 6.20 Å². The third kappa shape index (κ3) is 2.81. The molecule has 18 heavy (non-hydrogen) atoms. The number of nitrogen functional groups attached to an aromatic ring is 1. The van der Waals surface area contributed by atoms with Crippen molar-refractivity contribution in [2.45, 2.75) is 33.2 Å². The van der Waals surface area contributed by atoms with E-state index in [1.54, 1.807) is 4.68 Å². The predicted molar refractivity (Wildman–Crippen MR) is 70.1 cm³/mol. The molecule has 1 aliphatic heterocycles. The molecule has 2 heterocycles. The van der Waals surface area contributed by atoms with Crippen molar-refractivity contribution in [1.82, 2.24) is 9.78 Å². The van der Waals surface area contributed by atoms with Crippen LogP contribution in [-0.2, 0) is 4.74 Å². The van der Waals surface area contributed by atoms with Gasteiger partial charge < -0.3 is 16.2 Å². The monoisotopic (exact) mass is 254 g/mol. The van der Waals surface area contributed by atoms with Crippen molar-refractivity contribution in [1.29, 1.82) is 0 Å². The van der Waals surface area contributed by atoms with Crippen molar-refractivity contribution < 1.29 is 9.53 Å². The minimum Gasteiger partial charge on any atom is -0.383 e. The molecule has 1 amide bonds. The lowest BCUT2D eigenvalue weighted by atomic mass is 9.98. The van der Waals surface area contributed by atoms with E-state index >= 15 is 0 Å². The Morgan fingerprint density at radius 2 is 2.22 bits per heavy atom. The molecule has 4 N–H and O–H groups in total. The number of ether oxygens (including phenoxy) is 1. The van der Waals surface area contributed by atoms with Gasteiger partial charge in [-0.15, -0.1) is 0 Å². The summed E-state index contributed by atoms with van der Waals surface area (Å²) in [7, 11) is 0. The van der Waals surface area contributed by atoms with Gasteiger partial charge in [0.15, 0.2) is 0 Å². The van der Waals surface area contributed by atoms with Crippen molar-refractivity contribution in [3.63, 3.8) is 0 Å². The van der Waals surface area contributed by atoms with Crippen molar-refractivity contribution in [2.75, 3.05) is 18.9 Å². The zero-order valence-electron chi connectivity index (χ0n) is 11.2. The minimum absolute atomic E-state index is 0.182. The number of carbonyl (C=O) groups is 1. The normalized spacial score (nSPS) is 23.1. The van der Waals surface area contributed by atoms with E-state index in [1.165, 1.54) is 6.20 Å². The van der Waals surface area contributed by atoms with E-state index in [1.807, 2.05) is 13.8 Å². The Hall–Kier alpha value is -1.56. The van der Waals surface area contributed by atoms with Crippen LogP contribution in [0.25, 0.3) is 0 Å². The molecule has 1 fully saturated rings. The van der Waals surface area contributed by atoms with E-state index in [0.29, 0.717) is 30.5 Å². The van der Waals surface area contributed by atoms with Gasteiger partial charge in [0.2, 0.25) is 0 Å². The fourth-order valence-electron chi connectivity index (χ4n) is 2.06. The summed E-state index contributed by atoms with van der Waals surface area (Å²) in [6.07, 6.45) is 2.28. The number of amides is 1. The molecule has 102 valence electrons. The second-order valence-electron chi connectivity index (χ2n) is 4.16. The second-order valence-corrected chi connectivity index (χ2v) is 4.16. The predicted octanol–water partition coefficient (Wildman–Crippen LogP) is 1.19. The summed E-state index contributed by atoms with van der Waals surface area (Å²) in [5.41, 5.74) is 11.3. The van der Waals surface area contributed by atoms with Crippen LogP contribution < -0.4 is 11.5 Å². The topological polar surface area (TPSA) is 96.2 Å². The molecule has 1 aromatic rings. The highest BCUT2D eigenvalue weighted by molar-refractivity contribution is 5.96. The van der Waals surface area contributed by atoms with Crippen LogP contribution in [0, 0.1) is 5.92 Å². The van der Waals surface area contributed by atoms with Crippen molar-refractivity contribution in [3.05, 3.63) is 11.8 Å². The highest BCUT2D eigenvalue weighted by Crippen LogP contribution is 2.29. The maximum Gasteiger partial charge on any atom is 0.254 e. The van der Waals surface area contributed by atoms with Crippen molar-refractivity contribution in [2.24, 2.45) is 11.7 Å². The van der Waals surface area contributed by atoms with Gasteiger partial charge in [0.1, 0.15) is 11.4 Å². The number of aromatic nitrogens is 2. The van der Waals surface area contributed by atoms with E-state index < -0.39 is 5.91 Å². The molecule has 0 radical (unpaired) electrons. The molecule has 2 atom stereocenters. The van der Waals surface area contributed by atoms with Crippen LogP contribution in [0.5, 0.6) is 0 Å². The zero-order valence-corrected chi connectivity index (χ0v) is 11.2. The molecule has 0 bridgehead atoms. The van der Waals surface area contributed by atoms with Crippen LogP contribution in [0.4, 0.5) is 5.82 Å². The Labute approximate surface area is 107 Å². The third-order valence-electron chi connectivity index (χ3n) is 3.01. The molecule has 0 aromatic carbocycles. The average molecular weight is 254 g/mol. The largest absolute Gasteiger partial charge is 0.383 e. The molecular weight excluding hydrogens is 232 g/mol. The lowest BCUT2D eigenvalue weighted by Gasteiger charge is -2.29. The zero-order chi connectivity index (χ0) is 13.7. The number of rotatable bonds is 2. The molecule has 1 saturated heterocycles. The van der Waals surface area contributed by atoms with Gasteiger partial charge >= 0.3 is 0 Å². The Bertz CT molecular complexity index is 403. The van der Waals surface area contributed by atoms with Crippen LogP contribution in [0.1, 0.15) is 43.6 Å². The highest BCUT2D eigenvalue weighted by atomic mass is 16.5. The number of anilines is 1. The minimum atomic E-state index is -0.538. The molecule has 0 spiro atoms. The first kappa shape index (κ1) is 14.5. The molecule has 1 unspecified atom stereocenters. The number of hydrogen-bond acceptors (Lipinski definition) is 4. The van der Waals surface area contributed by atoms with Gasteiger partial charge in [-0.05, 0) is 6.42 Å². The molecule has 6 heteroatoms. The summed E-state index contributed by atoms with van der Waals surface area (Å²) in [5, 5.41) is 4.15. The van der Waals surface area contributed by atoms with Gasteiger partial charge in [0, 0.05) is 12.5 Å². The van der Waals surface area contributed by atoms with E-state index in [4.69, 9.17) is 16.2 Å². The average Bonchev–Trinajstić information content (AvgIpc) is 2.74. The quantitative estimate of drug-likeness (QED) is 0.828. The van der Waals surface area contributed by atoms with Gasteiger partial charge in [0.25, 0.3) is 5.91 Å². The van der Waals surface area contributed by atoms with Crippen molar-refractivity contribution in [3.8, 4) is 0 Å². The third-order valence-corrected chi connectivity index (χ3v) is 3.01. The Morgan fingerprint density at radius 3 is 2.72 bits per heavy atom. The standard InChI is InChI=1S/C10H16N4O2.C2H6/c1-6-5-16-3-2-8(6)14-9(11)7(4-13-14)10(12)15;1-2/h4,6,8H,2-3,5,11H2,1H3,(H2,12,15);1-2H3/t6-,8?;/m1./s1. The number of carbonyl (C=O) groups excluding carboxylic acids is 1. The summed E-state index contributed by atoms with van der Waals surface area (Å²) in [4.78, 5) is 11.1. The van der Waals surface area contributed by atoms with Gasteiger partial charge in [-0.3, -0.25) is 4.79 Å². The summed E-state index contributed by atoms with van der Waals surface area (Å²) in [6, 6.07) is 0.182. The second kappa shape index (κ2) is 6.39. The van der Waals surface area contributed by atoms with E-state index in [-0.39, 0.29) is 6.04 Å². The molecule has 6 nitrogen and oxygen atoms in total. The molecule has 0 aliphatic carbocycles. The first-order chi connectivity index (χ1) is 8.61. The summed E-state index contributed by atoms with van der Waals surface area (Å²) >= 11 is 0. The lowest BCUT2D eigenvalue weighted by molar-refractivity contribution is 0.0257. The molecule has 0 saturated carbocycles. The molecule has 1 aliphatic rings. The molecule has 2 rings (SSSR count). The SMILES string of the molecule is CC.C[C@@H]1COCCC1n1ncc(C(N)=O)c1N. The van der Waals surface area contributed by atoms with Gasteiger partial charge in [-0.25, -0.2) is 4.68 Å².